The zero-order valence-electron chi connectivity index (χ0n) is 22.2. The highest BCUT2D eigenvalue weighted by atomic mass is 16.5. The summed E-state index contributed by atoms with van der Waals surface area (Å²) in [4.78, 5) is 0. The van der Waals surface area contributed by atoms with Crippen LogP contribution in [0.25, 0.3) is 54.2 Å². The lowest BCUT2D eigenvalue weighted by Crippen LogP contribution is -1.97. The van der Waals surface area contributed by atoms with E-state index in [1.54, 1.807) is 12.1 Å². The molecule has 8 nitrogen and oxygen atoms in total. The molecule has 0 bridgehead atoms. The number of aromatic hydroxyl groups is 4. The van der Waals surface area contributed by atoms with Gasteiger partial charge in [0.25, 0.3) is 0 Å². The minimum Gasteiger partial charge on any atom is -0.507 e. The molecule has 0 aliphatic carbocycles. The average Bonchev–Trinajstić information content (AvgIpc) is 2.96. The normalized spacial score (nSPS) is 11.4. The van der Waals surface area contributed by atoms with Crippen molar-refractivity contribution in [3.05, 3.63) is 60.7 Å². The number of hydrogen-bond acceptors (Lipinski definition) is 8. The van der Waals surface area contributed by atoms with Gasteiger partial charge in [0.1, 0.15) is 23.0 Å². The molecule has 0 radical (unpaired) electrons. The van der Waals surface area contributed by atoms with Crippen molar-refractivity contribution in [2.75, 3.05) is 28.4 Å². The molecule has 0 atom stereocenters. The van der Waals surface area contributed by atoms with Crippen LogP contribution in [-0.4, -0.2) is 48.9 Å². The van der Waals surface area contributed by atoms with Crippen molar-refractivity contribution in [1.29, 1.82) is 0 Å². The fraction of sp³-hybridized carbons (Fsp3) is 0.125. The highest BCUT2D eigenvalue weighted by Gasteiger charge is 2.25. The topological polar surface area (TPSA) is 118 Å². The van der Waals surface area contributed by atoms with Crippen molar-refractivity contribution < 1.29 is 39.4 Å². The molecule has 202 valence electrons. The number of benzene rings is 6. The van der Waals surface area contributed by atoms with Crippen molar-refractivity contribution in [3.8, 4) is 57.1 Å². The Morgan fingerprint density at radius 1 is 0.400 bits per heavy atom. The molecule has 4 N–H and O–H groups in total. The molecule has 0 aromatic heterocycles. The number of methoxy groups -OCH3 is 4. The van der Waals surface area contributed by atoms with E-state index in [0.717, 1.165) is 0 Å². The Kier molecular flexibility index (Phi) is 5.76. The smallest absolute Gasteiger partial charge is 0.168 e. The summed E-state index contributed by atoms with van der Waals surface area (Å²) >= 11 is 0. The van der Waals surface area contributed by atoms with E-state index < -0.39 is 0 Å². The van der Waals surface area contributed by atoms with E-state index in [1.165, 1.54) is 52.7 Å². The summed E-state index contributed by atoms with van der Waals surface area (Å²) < 4.78 is 22.5. The van der Waals surface area contributed by atoms with Crippen LogP contribution in [0.3, 0.4) is 0 Å². The molecule has 40 heavy (non-hydrogen) atoms. The minimum absolute atomic E-state index is 0.0119. The Morgan fingerprint density at radius 2 is 0.750 bits per heavy atom. The Morgan fingerprint density at radius 3 is 1.10 bits per heavy atom. The van der Waals surface area contributed by atoms with Crippen LogP contribution in [0.5, 0.6) is 46.0 Å². The molecule has 0 saturated carbocycles. The molecule has 6 rings (SSSR count). The summed E-state index contributed by atoms with van der Waals surface area (Å²) in [6, 6.07) is 16.9. The van der Waals surface area contributed by atoms with Gasteiger partial charge in [-0.05, 0) is 57.9 Å². The van der Waals surface area contributed by atoms with Crippen LogP contribution < -0.4 is 18.9 Å². The highest BCUT2D eigenvalue weighted by Crippen LogP contribution is 2.53. The summed E-state index contributed by atoms with van der Waals surface area (Å²) in [5.41, 5.74) is 1.27. The molecule has 0 amide bonds. The minimum atomic E-state index is -0.0124. The molecular weight excluding hydrogens is 512 g/mol. The predicted octanol–water partition coefficient (Wildman–Crippen LogP) is 6.82. The molecule has 0 fully saturated rings. The Bertz CT molecular complexity index is 1850. The average molecular weight is 539 g/mol. The van der Waals surface area contributed by atoms with E-state index in [0.29, 0.717) is 77.2 Å². The Hall–Kier alpha value is -5.24. The first-order valence-corrected chi connectivity index (χ1v) is 12.4. The predicted molar refractivity (Wildman–Crippen MR) is 155 cm³/mol. The van der Waals surface area contributed by atoms with Crippen LogP contribution in [0, 0.1) is 0 Å². The van der Waals surface area contributed by atoms with Gasteiger partial charge in [-0.25, -0.2) is 0 Å². The van der Waals surface area contributed by atoms with Gasteiger partial charge in [0.15, 0.2) is 23.0 Å². The quantitative estimate of drug-likeness (QED) is 0.177. The van der Waals surface area contributed by atoms with Crippen LogP contribution in [0.4, 0.5) is 0 Å². The van der Waals surface area contributed by atoms with Crippen molar-refractivity contribution >= 4 is 43.1 Å². The maximum absolute atomic E-state index is 11.2. The van der Waals surface area contributed by atoms with Gasteiger partial charge in [0.05, 0.1) is 28.4 Å². The van der Waals surface area contributed by atoms with Crippen LogP contribution >= 0.6 is 0 Å². The summed E-state index contributed by atoms with van der Waals surface area (Å²) in [6.07, 6.45) is 0. The summed E-state index contributed by atoms with van der Waals surface area (Å²) in [5.74, 6) is 1.33. The Balaban J connectivity index is 1.82. The number of fused-ring (bicyclic) bond motifs is 6. The van der Waals surface area contributed by atoms with Gasteiger partial charge in [-0.1, -0.05) is 12.1 Å². The van der Waals surface area contributed by atoms with Crippen molar-refractivity contribution in [3.63, 3.8) is 0 Å². The maximum Gasteiger partial charge on any atom is 0.168 e. The van der Waals surface area contributed by atoms with E-state index in [2.05, 4.69) is 0 Å². The third-order valence-corrected chi connectivity index (χ3v) is 7.44. The third kappa shape index (κ3) is 3.39. The first-order chi connectivity index (χ1) is 19.3. The monoisotopic (exact) mass is 538 g/mol. The van der Waals surface area contributed by atoms with Crippen LogP contribution in [0.2, 0.25) is 0 Å². The zero-order chi connectivity index (χ0) is 28.3. The molecule has 6 aromatic rings. The molecule has 8 heteroatoms. The fourth-order valence-corrected chi connectivity index (χ4v) is 5.77. The van der Waals surface area contributed by atoms with E-state index in [4.69, 9.17) is 18.9 Å². The van der Waals surface area contributed by atoms with Gasteiger partial charge in [-0.15, -0.1) is 0 Å². The van der Waals surface area contributed by atoms with Crippen molar-refractivity contribution in [2.45, 2.75) is 0 Å². The molecule has 0 spiro atoms. The van der Waals surface area contributed by atoms with E-state index >= 15 is 0 Å². The van der Waals surface area contributed by atoms with Gasteiger partial charge in [-0.2, -0.15) is 0 Å². The molecule has 6 aromatic carbocycles. The first kappa shape index (κ1) is 25.1. The molecular formula is C32H26O8. The standard InChI is InChI=1S/C32H26O8/c1-37-25-13-23(35)27-15-9-11-21(33)31(39-3)17(15)5-7-19(27)29(25)30-20-8-6-18-16(10-12-22(34)32(18)40-4)28(20)24(36)14-26(30)38-2/h5-14,33-36H,1-4H3. The second kappa shape index (κ2) is 9.20. The van der Waals surface area contributed by atoms with Gasteiger partial charge in [0.2, 0.25) is 0 Å². The molecule has 0 unspecified atom stereocenters. The SMILES string of the molecule is COc1cc(O)c2c(ccc3c(OC)c(O)ccc32)c1-c1c(OC)cc(O)c2c1ccc1c(OC)c(O)ccc12. The van der Waals surface area contributed by atoms with Crippen LogP contribution in [-0.2, 0) is 0 Å². The lowest BCUT2D eigenvalue weighted by Gasteiger charge is -2.21. The Labute approximate surface area is 228 Å². The first-order valence-electron chi connectivity index (χ1n) is 12.4. The van der Waals surface area contributed by atoms with E-state index in [9.17, 15) is 20.4 Å². The van der Waals surface area contributed by atoms with Crippen molar-refractivity contribution in [2.24, 2.45) is 0 Å². The second-order valence-corrected chi connectivity index (χ2v) is 9.35. The summed E-state index contributed by atoms with van der Waals surface area (Å²) in [5, 5.41) is 48.1. The number of phenols is 4. The number of rotatable bonds is 5. The van der Waals surface area contributed by atoms with E-state index in [1.807, 2.05) is 24.3 Å². The van der Waals surface area contributed by atoms with Crippen molar-refractivity contribution in [1.82, 2.24) is 0 Å². The second-order valence-electron chi connectivity index (χ2n) is 9.35. The third-order valence-electron chi connectivity index (χ3n) is 7.44. The largest absolute Gasteiger partial charge is 0.507 e. The van der Waals surface area contributed by atoms with Crippen LogP contribution in [0.15, 0.2) is 60.7 Å². The summed E-state index contributed by atoms with van der Waals surface area (Å²) in [6.45, 7) is 0. The molecule has 0 saturated heterocycles. The highest BCUT2D eigenvalue weighted by molar-refractivity contribution is 6.23. The van der Waals surface area contributed by atoms with Gasteiger partial charge in [-0.3, -0.25) is 0 Å². The number of ether oxygens (including phenoxy) is 4. The number of phenolic OH excluding ortho intramolecular Hbond substituents is 4. The lowest BCUT2D eigenvalue weighted by atomic mass is 9.88. The molecule has 0 aliphatic heterocycles. The number of hydrogen-bond donors (Lipinski definition) is 4. The van der Waals surface area contributed by atoms with E-state index in [-0.39, 0.29) is 23.0 Å². The maximum atomic E-state index is 11.2. The summed E-state index contributed by atoms with van der Waals surface area (Å²) in [7, 11) is 5.99. The fourth-order valence-electron chi connectivity index (χ4n) is 5.77. The van der Waals surface area contributed by atoms with Crippen LogP contribution in [0.1, 0.15) is 0 Å². The van der Waals surface area contributed by atoms with Gasteiger partial charge in [0, 0.05) is 44.8 Å². The van der Waals surface area contributed by atoms with Gasteiger partial charge < -0.3 is 39.4 Å². The zero-order valence-corrected chi connectivity index (χ0v) is 22.2. The van der Waals surface area contributed by atoms with Gasteiger partial charge >= 0.3 is 0 Å². The lowest BCUT2D eigenvalue weighted by molar-refractivity contribution is 0.378. The molecule has 0 aliphatic rings. The molecule has 0 heterocycles.